The van der Waals surface area contributed by atoms with E-state index in [4.69, 9.17) is 0 Å². The van der Waals surface area contributed by atoms with E-state index in [2.05, 4.69) is 6.92 Å². The van der Waals surface area contributed by atoms with Crippen LogP contribution in [0.3, 0.4) is 0 Å². The lowest BCUT2D eigenvalue weighted by Crippen LogP contribution is -2.36. The number of aryl methyl sites for hydroxylation is 2. The lowest BCUT2D eigenvalue weighted by atomic mass is 10.4. The van der Waals surface area contributed by atoms with E-state index in [0.717, 1.165) is 17.5 Å². The molecule has 0 aliphatic heterocycles. The number of rotatable bonds is 2. The first-order valence-corrected chi connectivity index (χ1v) is 5.31. The normalized spacial score (nSPS) is 11.2. The molecule has 2 aromatic rings. The van der Waals surface area contributed by atoms with Crippen molar-refractivity contribution < 1.29 is 0 Å². The van der Waals surface area contributed by atoms with Crippen molar-refractivity contribution in [1.29, 1.82) is 0 Å². The zero-order chi connectivity index (χ0) is 11.9. The molecule has 0 aliphatic carbocycles. The molecular weight excluding hydrogens is 206 g/mol. The molecule has 2 aromatic heterocycles. The van der Waals surface area contributed by atoms with Crippen molar-refractivity contribution in [2.24, 2.45) is 14.1 Å². The quantitative estimate of drug-likeness (QED) is 0.739. The van der Waals surface area contributed by atoms with Crippen LogP contribution in [0.25, 0.3) is 10.9 Å². The molecule has 0 atom stereocenters. The van der Waals surface area contributed by atoms with Crippen LogP contribution in [0, 0.1) is 0 Å². The van der Waals surface area contributed by atoms with Crippen LogP contribution >= 0.6 is 0 Å². The standard InChI is InChI=1S/C11H15N3O2/c1-4-5-14-6-8-9(7-14)12(2)11(16)13(3)10(8)15/h6-7H,4-5H2,1-3H3. The third kappa shape index (κ3) is 1.39. The molecule has 0 unspecified atom stereocenters. The molecule has 0 saturated heterocycles. The summed E-state index contributed by atoms with van der Waals surface area (Å²) < 4.78 is 4.59. The van der Waals surface area contributed by atoms with Crippen LogP contribution in [0.1, 0.15) is 13.3 Å². The molecule has 0 N–H and O–H groups in total. The Morgan fingerprint density at radius 1 is 1.12 bits per heavy atom. The van der Waals surface area contributed by atoms with Crippen molar-refractivity contribution >= 4 is 10.9 Å². The lowest BCUT2D eigenvalue weighted by molar-refractivity contribution is 0.683. The second-order valence-corrected chi connectivity index (χ2v) is 4.00. The number of nitrogens with zero attached hydrogens (tertiary/aromatic N) is 3. The maximum atomic E-state index is 11.9. The van der Waals surface area contributed by atoms with Gasteiger partial charge in [0.05, 0.1) is 10.9 Å². The second kappa shape index (κ2) is 3.66. The highest BCUT2D eigenvalue weighted by Crippen LogP contribution is 2.08. The molecule has 86 valence electrons. The molecule has 0 aromatic carbocycles. The van der Waals surface area contributed by atoms with Crippen LogP contribution in [-0.2, 0) is 20.6 Å². The largest absolute Gasteiger partial charge is 0.351 e. The molecule has 0 saturated carbocycles. The average molecular weight is 221 g/mol. The van der Waals surface area contributed by atoms with Crippen LogP contribution in [0.4, 0.5) is 0 Å². The van der Waals surface area contributed by atoms with Crippen LogP contribution in [0.2, 0.25) is 0 Å². The first-order chi connectivity index (χ1) is 7.56. The monoisotopic (exact) mass is 221 g/mol. The molecule has 0 aliphatic rings. The van der Waals surface area contributed by atoms with Crippen LogP contribution in [-0.4, -0.2) is 13.7 Å². The fourth-order valence-corrected chi connectivity index (χ4v) is 1.91. The summed E-state index contributed by atoms with van der Waals surface area (Å²) in [5, 5.41) is 0.595. The Morgan fingerprint density at radius 2 is 1.81 bits per heavy atom. The zero-order valence-electron chi connectivity index (χ0n) is 9.73. The second-order valence-electron chi connectivity index (χ2n) is 4.00. The van der Waals surface area contributed by atoms with Crippen molar-refractivity contribution in [2.75, 3.05) is 0 Å². The van der Waals surface area contributed by atoms with Gasteiger partial charge in [-0.25, -0.2) is 4.79 Å². The van der Waals surface area contributed by atoms with E-state index in [1.807, 2.05) is 10.8 Å². The summed E-state index contributed by atoms with van der Waals surface area (Å²) in [4.78, 5) is 23.5. The van der Waals surface area contributed by atoms with Crippen molar-refractivity contribution in [1.82, 2.24) is 13.7 Å². The topological polar surface area (TPSA) is 48.9 Å². The number of fused-ring (bicyclic) bond motifs is 1. The van der Waals surface area contributed by atoms with Crippen molar-refractivity contribution in [3.8, 4) is 0 Å². The van der Waals surface area contributed by atoms with Gasteiger partial charge in [-0.1, -0.05) is 6.92 Å². The predicted octanol–water partition coefficient (Wildman–Crippen LogP) is 0.449. The van der Waals surface area contributed by atoms with Crippen molar-refractivity contribution in [3.05, 3.63) is 33.2 Å². The first-order valence-electron chi connectivity index (χ1n) is 5.31. The van der Waals surface area contributed by atoms with Gasteiger partial charge >= 0.3 is 5.69 Å². The van der Waals surface area contributed by atoms with Gasteiger partial charge in [0.2, 0.25) is 0 Å². The predicted molar refractivity (Wildman–Crippen MR) is 62.7 cm³/mol. The Bertz CT molecular complexity index is 646. The molecule has 0 bridgehead atoms. The SMILES string of the molecule is CCCn1cc2c(=O)n(C)c(=O)n(C)c2c1. The van der Waals surface area contributed by atoms with Gasteiger partial charge in [-0.3, -0.25) is 13.9 Å². The lowest BCUT2D eigenvalue weighted by Gasteiger charge is -2.02. The maximum Gasteiger partial charge on any atom is 0.330 e. The van der Waals surface area contributed by atoms with E-state index in [0.29, 0.717) is 10.9 Å². The molecule has 5 heteroatoms. The minimum atomic E-state index is -0.285. The summed E-state index contributed by atoms with van der Waals surface area (Å²) in [6, 6.07) is 0. The van der Waals surface area contributed by atoms with Gasteiger partial charge in [-0.2, -0.15) is 0 Å². The molecule has 0 radical (unpaired) electrons. The summed E-state index contributed by atoms with van der Waals surface area (Å²) in [7, 11) is 3.18. The van der Waals surface area contributed by atoms with Crippen LogP contribution in [0.15, 0.2) is 22.0 Å². The van der Waals surface area contributed by atoms with E-state index in [1.54, 1.807) is 13.2 Å². The molecule has 16 heavy (non-hydrogen) atoms. The summed E-state index contributed by atoms with van der Waals surface area (Å²) in [6.45, 7) is 2.92. The zero-order valence-corrected chi connectivity index (χ0v) is 9.73. The molecule has 5 nitrogen and oxygen atoms in total. The van der Waals surface area contributed by atoms with Gasteiger partial charge in [-0.15, -0.1) is 0 Å². The number of hydrogen-bond donors (Lipinski definition) is 0. The smallest absolute Gasteiger partial charge is 0.330 e. The summed E-state index contributed by atoms with van der Waals surface area (Å²) in [5.74, 6) is 0. The van der Waals surface area contributed by atoms with E-state index in [-0.39, 0.29) is 11.2 Å². The van der Waals surface area contributed by atoms with E-state index >= 15 is 0 Å². The van der Waals surface area contributed by atoms with Gasteiger partial charge in [0, 0.05) is 33.0 Å². The third-order valence-electron chi connectivity index (χ3n) is 2.81. The Hall–Kier alpha value is -1.78. The van der Waals surface area contributed by atoms with Gasteiger partial charge < -0.3 is 4.57 Å². The Balaban J connectivity index is 2.87. The van der Waals surface area contributed by atoms with Gasteiger partial charge in [0.1, 0.15) is 0 Å². The van der Waals surface area contributed by atoms with Crippen molar-refractivity contribution in [3.63, 3.8) is 0 Å². The number of aromatic nitrogens is 3. The summed E-state index contributed by atoms with van der Waals surface area (Å²) in [6.07, 6.45) is 4.65. The summed E-state index contributed by atoms with van der Waals surface area (Å²) >= 11 is 0. The molecule has 0 spiro atoms. The highest BCUT2D eigenvalue weighted by molar-refractivity contribution is 5.77. The van der Waals surface area contributed by atoms with Gasteiger partial charge in [-0.05, 0) is 6.42 Å². The maximum absolute atomic E-state index is 11.9. The van der Waals surface area contributed by atoms with Crippen LogP contribution < -0.4 is 11.2 Å². The molecule has 0 amide bonds. The summed E-state index contributed by atoms with van der Waals surface area (Å²) in [5.41, 5.74) is 0.182. The highest BCUT2D eigenvalue weighted by atomic mass is 16.2. The molecule has 2 rings (SSSR count). The Kier molecular flexibility index (Phi) is 2.46. The molecule has 2 heterocycles. The fourth-order valence-electron chi connectivity index (χ4n) is 1.91. The van der Waals surface area contributed by atoms with Crippen LogP contribution in [0.5, 0.6) is 0 Å². The van der Waals surface area contributed by atoms with E-state index in [9.17, 15) is 9.59 Å². The van der Waals surface area contributed by atoms with Gasteiger partial charge in [0.15, 0.2) is 0 Å². The number of hydrogen-bond acceptors (Lipinski definition) is 2. The van der Waals surface area contributed by atoms with E-state index in [1.165, 1.54) is 11.6 Å². The minimum Gasteiger partial charge on any atom is -0.351 e. The first kappa shape index (κ1) is 10.7. The van der Waals surface area contributed by atoms with Gasteiger partial charge in [0.25, 0.3) is 5.56 Å². The Morgan fingerprint density at radius 3 is 2.44 bits per heavy atom. The third-order valence-corrected chi connectivity index (χ3v) is 2.81. The molecule has 0 fully saturated rings. The fraction of sp³-hybridized carbons (Fsp3) is 0.455. The van der Waals surface area contributed by atoms with Crippen molar-refractivity contribution in [2.45, 2.75) is 19.9 Å². The minimum absolute atomic E-state index is 0.229. The van der Waals surface area contributed by atoms with E-state index < -0.39 is 0 Å². The molecular formula is C11H15N3O2. The Labute approximate surface area is 92.5 Å². The average Bonchev–Trinajstić information content (AvgIpc) is 2.68. The highest BCUT2D eigenvalue weighted by Gasteiger charge is 2.09.